The number of aryl methyl sites for hydroxylation is 1. The molecule has 2 atom stereocenters. The van der Waals surface area contributed by atoms with Gasteiger partial charge in [-0.25, -0.2) is 9.97 Å². The Labute approximate surface area is 129 Å². The Balaban J connectivity index is 2.54. The SMILES string of the molecule is Cc1cnc2c(c1)nc(C(C)Cl)n2C(C)C(=O)NC(C)C. The number of carbonyl (C=O) groups is 1. The fourth-order valence-corrected chi connectivity index (χ4v) is 2.44. The lowest BCUT2D eigenvalue weighted by molar-refractivity contribution is -0.124. The van der Waals surface area contributed by atoms with Crippen molar-refractivity contribution in [1.82, 2.24) is 19.9 Å². The lowest BCUT2D eigenvalue weighted by Gasteiger charge is -2.19. The number of alkyl halides is 1. The maximum Gasteiger partial charge on any atom is 0.243 e. The number of halogens is 1. The minimum atomic E-state index is -0.413. The molecule has 0 aliphatic heterocycles. The van der Waals surface area contributed by atoms with Crippen LogP contribution in [0.5, 0.6) is 0 Å². The summed E-state index contributed by atoms with van der Waals surface area (Å²) < 4.78 is 1.82. The van der Waals surface area contributed by atoms with E-state index >= 15 is 0 Å². The van der Waals surface area contributed by atoms with Gasteiger partial charge in [-0.2, -0.15) is 0 Å². The summed E-state index contributed by atoms with van der Waals surface area (Å²) in [6, 6.07) is 1.62. The van der Waals surface area contributed by atoms with Gasteiger partial charge in [-0.15, -0.1) is 11.6 Å². The number of carbonyl (C=O) groups excluding carboxylic acids is 1. The highest BCUT2D eigenvalue weighted by atomic mass is 35.5. The summed E-state index contributed by atoms with van der Waals surface area (Å²) in [6.07, 6.45) is 1.77. The molecule has 0 bridgehead atoms. The van der Waals surface area contributed by atoms with Crippen LogP contribution in [0.3, 0.4) is 0 Å². The third kappa shape index (κ3) is 3.18. The molecule has 0 aliphatic rings. The maximum absolute atomic E-state index is 12.3. The Hall–Kier alpha value is -1.62. The van der Waals surface area contributed by atoms with Gasteiger partial charge in [-0.05, 0) is 46.2 Å². The summed E-state index contributed by atoms with van der Waals surface area (Å²) in [5, 5.41) is 2.62. The van der Waals surface area contributed by atoms with Crippen molar-refractivity contribution in [3.05, 3.63) is 23.7 Å². The third-order valence-corrected chi connectivity index (χ3v) is 3.44. The minimum absolute atomic E-state index is 0.0646. The molecule has 1 N–H and O–H groups in total. The number of amides is 1. The minimum Gasteiger partial charge on any atom is -0.352 e. The highest BCUT2D eigenvalue weighted by Crippen LogP contribution is 2.27. The molecule has 2 heterocycles. The normalized spacial score (nSPS) is 14.4. The van der Waals surface area contributed by atoms with Crippen molar-refractivity contribution in [1.29, 1.82) is 0 Å². The van der Waals surface area contributed by atoms with Crippen molar-refractivity contribution < 1.29 is 4.79 Å². The van der Waals surface area contributed by atoms with Crippen LogP contribution in [0.4, 0.5) is 0 Å². The molecule has 0 spiro atoms. The Morgan fingerprint density at radius 1 is 1.33 bits per heavy atom. The van der Waals surface area contributed by atoms with Crippen LogP contribution in [0, 0.1) is 6.92 Å². The molecule has 2 aromatic rings. The number of imidazole rings is 1. The van der Waals surface area contributed by atoms with E-state index in [1.54, 1.807) is 6.20 Å². The lowest BCUT2D eigenvalue weighted by atomic mass is 10.2. The van der Waals surface area contributed by atoms with Gasteiger partial charge < -0.3 is 5.32 Å². The standard InChI is InChI=1S/C15H21ClN4O/c1-8(2)18-15(21)11(5)20-13(10(4)16)19-12-6-9(3)7-17-14(12)20/h6-8,10-11H,1-5H3,(H,18,21). The number of nitrogens with one attached hydrogen (secondary N) is 1. The number of hydrogen-bond donors (Lipinski definition) is 1. The average Bonchev–Trinajstić information content (AvgIpc) is 2.75. The zero-order valence-electron chi connectivity index (χ0n) is 13.0. The first-order chi connectivity index (χ1) is 9.81. The quantitative estimate of drug-likeness (QED) is 0.883. The number of nitrogens with zero attached hydrogens (tertiary/aromatic N) is 3. The van der Waals surface area contributed by atoms with Crippen LogP contribution in [0.1, 0.15) is 50.5 Å². The van der Waals surface area contributed by atoms with E-state index in [1.165, 1.54) is 0 Å². The molecule has 0 aliphatic carbocycles. The monoisotopic (exact) mass is 308 g/mol. The summed E-state index contributed by atoms with van der Waals surface area (Å²) in [4.78, 5) is 21.3. The Kier molecular flexibility index (Phi) is 4.52. The second-order valence-corrected chi connectivity index (χ2v) is 6.31. The fraction of sp³-hybridized carbons (Fsp3) is 0.533. The van der Waals surface area contributed by atoms with E-state index in [9.17, 15) is 4.79 Å². The largest absolute Gasteiger partial charge is 0.352 e. The molecule has 114 valence electrons. The second-order valence-electron chi connectivity index (χ2n) is 5.65. The molecule has 2 unspecified atom stereocenters. The number of rotatable bonds is 4. The third-order valence-electron chi connectivity index (χ3n) is 3.25. The van der Waals surface area contributed by atoms with E-state index in [1.807, 2.05) is 45.3 Å². The topological polar surface area (TPSA) is 59.8 Å². The first-order valence-electron chi connectivity index (χ1n) is 7.10. The Morgan fingerprint density at radius 2 is 2.00 bits per heavy atom. The van der Waals surface area contributed by atoms with Crippen LogP contribution in [0.25, 0.3) is 11.2 Å². The van der Waals surface area contributed by atoms with Gasteiger partial charge in [0, 0.05) is 12.2 Å². The van der Waals surface area contributed by atoms with Gasteiger partial charge in [-0.1, -0.05) is 0 Å². The molecule has 0 aromatic carbocycles. The molecule has 6 heteroatoms. The maximum atomic E-state index is 12.3. The summed E-state index contributed by atoms with van der Waals surface area (Å²) >= 11 is 6.23. The Bertz CT molecular complexity index is 663. The number of aromatic nitrogens is 3. The van der Waals surface area contributed by atoms with E-state index in [0.717, 1.165) is 11.1 Å². The number of fused-ring (bicyclic) bond motifs is 1. The van der Waals surface area contributed by atoms with Crippen molar-refractivity contribution in [2.75, 3.05) is 0 Å². The highest BCUT2D eigenvalue weighted by molar-refractivity contribution is 6.20. The predicted molar refractivity (Wildman–Crippen MR) is 84.5 cm³/mol. The molecule has 2 aromatic heterocycles. The van der Waals surface area contributed by atoms with Crippen molar-refractivity contribution >= 4 is 28.7 Å². The van der Waals surface area contributed by atoms with Gasteiger partial charge in [-0.3, -0.25) is 9.36 Å². The van der Waals surface area contributed by atoms with Gasteiger partial charge in [0.1, 0.15) is 17.4 Å². The Morgan fingerprint density at radius 3 is 2.57 bits per heavy atom. The van der Waals surface area contributed by atoms with Crippen LogP contribution in [-0.2, 0) is 4.79 Å². The van der Waals surface area contributed by atoms with Crippen LogP contribution in [-0.4, -0.2) is 26.5 Å². The van der Waals surface area contributed by atoms with Crippen molar-refractivity contribution in [3.63, 3.8) is 0 Å². The van der Waals surface area contributed by atoms with Gasteiger partial charge >= 0.3 is 0 Å². The van der Waals surface area contributed by atoms with E-state index in [-0.39, 0.29) is 17.3 Å². The first kappa shape index (κ1) is 15.8. The van der Waals surface area contributed by atoms with Crippen LogP contribution in [0.15, 0.2) is 12.3 Å². The summed E-state index contributed by atoms with van der Waals surface area (Å²) in [7, 11) is 0. The number of pyridine rings is 1. The van der Waals surface area contributed by atoms with Gasteiger partial charge in [0.05, 0.1) is 5.38 Å². The second kappa shape index (κ2) is 6.02. The smallest absolute Gasteiger partial charge is 0.243 e. The van der Waals surface area contributed by atoms with Gasteiger partial charge in [0.25, 0.3) is 0 Å². The summed E-state index contributed by atoms with van der Waals surface area (Å²) in [5.41, 5.74) is 2.48. The molecule has 0 saturated heterocycles. The highest BCUT2D eigenvalue weighted by Gasteiger charge is 2.24. The van der Waals surface area contributed by atoms with Crippen LogP contribution in [0.2, 0.25) is 0 Å². The molecular formula is C15H21ClN4O. The lowest BCUT2D eigenvalue weighted by Crippen LogP contribution is -2.36. The summed E-state index contributed by atoms with van der Waals surface area (Å²) in [6.45, 7) is 9.51. The van der Waals surface area contributed by atoms with E-state index in [4.69, 9.17) is 11.6 Å². The molecule has 0 saturated carbocycles. The van der Waals surface area contributed by atoms with Crippen molar-refractivity contribution in [3.8, 4) is 0 Å². The van der Waals surface area contributed by atoms with Crippen molar-refractivity contribution in [2.24, 2.45) is 0 Å². The zero-order valence-corrected chi connectivity index (χ0v) is 13.8. The van der Waals surface area contributed by atoms with E-state index in [2.05, 4.69) is 15.3 Å². The van der Waals surface area contributed by atoms with Crippen LogP contribution < -0.4 is 5.32 Å². The molecule has 0 radical (unpaired) electrons. The molecule has 21 heavy (non-hydrogen) atoms. The summed E-state index contributed by atoms with van der Waals surface area (Å²) in [5.74, 6) is 0.599. The molecular weight excluding hydrogens is 288 g/mol. The average molecular weight is 309 g/mol. The number of hydrogen-bond acceptors (Lipinski definition) is 3. The van der Waals surface area contributed by atoms with Crippen LogP contribution >= 0.6 is 11.6 Å². The molecule has 5 nitrogen and oxygen atoms in total. The molecule has 1 amide bonds. The van der Waals surface area contributed by atoms with E-state index in [0.29, 0.717) is 11.5 Å². The fourth-order valence-electron chi connectivity index (χ4n) is 2.29. The van der Waals surface area contributed by atoms with Gasteiger partial charge in [0.15, 0.2) is 5.65 Å². The molecule has 2 rings (SSSR count). The van der Waals surface area contributed by atoms with Crippen molar-refractivity contribution in [2.45, 2.75) is 52.1 Å². The first-order valence-corrected chi connectivity index (χ1v) is 7.53. The molecule has 0 fully saturated rings. The predicted octanol–water partition coefficient (Wildman–Crippen LogP) is 3.13. The van der Waals surface area contributed by atoms with Gasteiger partial charge in [0.2, 0.25) is 5.91 Å². The zero-order chi connectivity index (χ0) is 15.7. The van der Waals surface area contributed by atoms with E-state index < -0.39 is 6.04 Å².